The van der Waals surface area contributed by atoms with Gasteiger partial charge in [-0.1, -0.05) is 41.9 Å². The highest BCUT2D eigenvalue weighted by molar-refractivity contribution is 6.32. The number of aromatic nitrogens is 3. The number of halogens is 1. The van der Waals surface area contributed by atoms with Crippen molar-refractivity contribution in [1.29, 1.82) is 0 Å². The maximum Gasteiger partial charge on any atom is 0.221 e. The fraction of sp³-hybridized carbons (Fsp3) is 0. The van der Waals surface area contributed by atoms with Gasteiger partial charge in [0.05, 0.1) is 16.9 Å². The van der Waals surface area contributed by atoms with Crippen LogP contribution in [0.5, 0.6) is 5.75 Å². The number of nitrogens with zero attached hydrogens (tertiary/aromatic N) is 3. The summed E-state index contributed by atoms with van der Waals surface area (Å²) < 4.78 is 0. The van der Waals surface area contributed by atoms with E-state index < -0.39 is 0 Å². The Hall–Kier alpha value is -3.18. The highest BCUT2D eigenvalue weighted by Gasteiger charge is 2.13. The molecule has 2 aromatic heterocycles. The topological polar surface area (TPSA) is 84.9 Å². The number of benzene rings is 2. The molecule has 3 N–H and O–H groups in total. The van der Waals surface area contributed by atoms with E-state index in [0.29, 0.717) is 27.7 Å². The second-order valence-corrected chi connectivity index (χ2v) is 5.89. The molecule has 0 radical (unpaired) electrons. The Morgan fingerprint density at radius 3 is 2.28 bits per heavy atom. The fourth-order valence-corrected chi connectivity index (χ4v) is 2.95. The highest BCUT2D eigenvalue weighted by atomic mass is 35.5. The molecule has 4 rings (SSSR count). The van der Waals surface area contributed by atoms with Crippen LogP contribution in [0, 0.1) is 0 Å². The smallest absolute Gasteiger partial charge is 0.221 e. The van der Waals surface area contributed by atoms with Gasteiger partial charge in [0.25, 0.3) is 0 Å². The van der Waals surface area contributed by atoms with Gasteiger partial charge in [0.15, 0.2) is 0 Å². The first-order chi connectivity index (χ1) is 12.1. The lowest BCUT2D eigenvalue weighted by Crippen LogP contribution is -1.99. The van der Waals surface area contributed by atoms with Crippen LogP contribution in [0.1, 0.15) is 0 Å². The van der Waals surface area contributed by atoms with Crippen LogP contribution in [0.3, 0.4) is 0 Å². The summed E-state index contributed by atoms with van der Waals surface area (Å²) >= 11 is 6.36. The molecule has 0 aliphatic rings. The second-order valence-electron chi connectivity index (χ2n) is 5.53. The number of hydrogen-bond donors (Lipinski definition) is 2. The van der Waals surface area contributed by atoms with Crippen molar-refractivity contribution in [1.82, 2.24) is 15.0 Å². The maximum atomic E-state index is 10.1. The molecule has 0 amide bonds. The number of pyridine rings is 1. The molecule has 0 unspecified atom stereocenters. The van der Waals surface area contributed by atoms with Gasteiger partial charge in [-0.2, -0.15) is 0 Å². The summed E-state index contributed by atoms with van der Waals surface area (Å²) in [6.45, 7) is 0. The average molecular weight is 349 g/mol. The van der Waals surface area contributed by atoms with E-state index in [1.54, 1.807) is 24.3 Å². The number of nitrogen functional groups attached to an aromatic ring is 1. The van der Waals surface area contributed by atoms with Crippen LogP contribution in [0.25, 0.3) is 33.4 Å². The van der Waals surface area contributed by atoms with Crippen LogP contribution in [-0.4, -0.2) is 20.1 Å². The van der Waals surface area contributed by atoms with Crippen LogP contribution in [-0.2, 0) is 0 Å². The summed E-state index contributed by atoms with van der Waals surface area (Å²) in [5.41, 5.74) is 8.98. The number of phenolic OH excluding ortho intramolecular Hbond substituents is 1. The zero-order valence-electron chi connectivity index (χ0n) is 13.0. The van der Waals surface area contributed by atoms with Crippen LogP contribution < -0.4 is 5.73 Å². The van der Waals surface area contributed by atoms with Crippen molar-refractivity contribution in [3.8, 4) is 28.3 Å². The Morgan fingerprint density at radius 2 is 1.48 bits per heavy atom. The van der Waals surface area contributed by atoms with E-state index in [1.165, 1.54) is 0 Å². The first-order valence-corrected chi connectivity index (χ1v) is 7.98. The van der Waals surface area contributed by atoms with E-state index >= 15 is 0 Å². The summed E-state index contributed by atoms with van der Waals surface area (Å²) in [5.74, 6) is 0.217. The van der Waals surface area contributed by atoms with Crippen LogP contribution in [0.4, 0.5) is 5.95 Å². The quantitative estimate of drug-likeness (QED) is 0.527. The number of para-hydroxylation sites is 2. The van der Waals surface area contributed by atoms with Crippen molar-refractivity contribution in [3.63, 3.8) is 0 Å². The molecule has 6 heteroatoms. The molecule has 0 saturated carbocycles. The lowest BCUT2D eigenvalue weighted by molar-refractivity contribution is 0.477. The Morgan fingerprint density at radius 1 is 0.800 bits per heavy atom. The standard InChI is InChI=1S/C19H13ClN4O/c20-18-13(9-11-5-1-3-7-14(11)22-18)16-10-15(23-19(21)24-16)12-6-2-4-8-17(12)25/h1-10,25H,(H2,21,23,24). The van der Waals surface area contributed by atoms with Gasteiger partial charge in [-0.25, -0.2) is 15.0 Å². The van der Waals surface area contributed by atoms with E-state index in [0.717, 1.165) is 10.9 Å². The lowest BCUT2D eigenvalue weighted by Gasteiger charge is -2.09. The number of fused-ring (bicyclic) bond motifs is 1. The van der Waals surface area contributed by atoms with Gasteiger partial charge < -0.3 is 10.8 Å². The Balaban J connectivity index is 1.92. The Kier molecular flexibility index (Phi) is 3.71. The van der Waals surface area contributed by atoms with Gasteiger partial charge >= 0.3 is 0 Å². The molecule has 2 heterocycles. The zero-order chi connectivity index (χ0) is 17.4. The fourth-order valence-electron chi connectivity index (χ4n) is 2.70. The molecule has 0 aliphatic heterocycles. The normalized spacial score (nSPS) is 10.9. The second kappa shape index (κ2) is 6.03. The predicted molar refractivity (Wildman–Crippen MR) is 99.3 cm³/mol. The summed E-state index contributed by atoms with van der Waals surface area (Å²) in [5, 5.41) is 11.4. The number of phenols is 1. The molecule has 4 aromatic rings. The van der Waals surface area contributed by atoms with Crippen LogP contribution in [0.2, 0.25) is 5.15 Å². The Bertz CT molecular complexity index is 1100. The van der Waals surface area contributed by atoms with Gasteiger partial charge in [0.1, 0.15) is 10.9 Å². The summed E-state index contributed by atoms with van der Waals surface area (Å²) in [4.78, 5) is 12.9. The molecule has 0 aliphatic carbocycles. The largest absolute Gasteiger partial charge is 0.507 e. The molecular weight excluding hydrogens is 336 g/mol. The molecule has 0 saturated heterocycles. The molecule has 25 heavy (non-hydrogen) atoms. The van der Waals surface area contributed by atoms with Gasteiger partial charge in [0.2, 0.25) is 5.95 Å². The summed E-state index contributed by atoms with van der Waals surface area (Å²) in [7, 11) is 0. The van der Waals surface area contributed by atoms with Gasteiger partial charge in [-0.3, -0.25) is 0 Å². The minimum absolute atomic E-state index is 0.0972. The van der Waals surface area contributed by atoms with Gasteiger partial charge in [-0.15, -0.1) is 0 Å². The number of anilines is 1. The predicted octanol–water partition coefficient (Wildman–Crippen LogP) is 4.30. The SMILES string of the molecule is Nc1nc(-c2ccccc2O)cc(-c2cc3ccccc3nc2Cl)n1. The zero-order valence-corrected chi connectivity index (χ0v) is 13.8. The number of rotatable bonds is 2. The van der Waals surface area contributed by atoms with E-state index in [-0.39, 0.29) is 11.7 Å². The van der Waals surface area contributed by atoms with E-state index in [1.807, 2.05) is 36.4 Å². The van der Waals surface area contributed by atoms with Gasteiger partial charge in [0, 0.05) is 16.5 Å². The molecule has 122 valence electrons. The first kappa shape index (κ1) is 15.4. The molecule has 0 bridgehead atoms. The lowest BCUT2D eigenvalue weighted by atomic mass is 10.1. The van der Waals surface area contributed by atoms with Crippen molar-refractivity contribution >= 4 is 28.5 Å². The third kappa shape index (κ3) is 2.86. The van der Waals surface area contributed by atoms with Crippen molar-refractivity contribution in [2.24, 2.45) is 0 Å². The molecule has 0 atom stereocenters. The molecular formula is C19H13ClN4O. The number of aromatic hydroxyl groups is 1. The third-order valence-electron chi connectivity index (χ3n) is 3.88. The highest BCUT2D eigenvalue weighted by Crippen LogP contribution is 2.33. The molecule has 0 fully saturated rings. The minimum atomic E-state index is 0.0972. The maximum absolute atomic E-state index is 10.1. The molecule has 0 spiro atoms. The van der Waals surface area contributed by atoms with E-state index in [4.69, 9.17) is 17.3 Å². The third-order valence-corrected chi connectivity index (χ3v) is 4.16. The summed E-state index contributed by atoms with van der Waals surface area (Å²) in [6.07, 6.45) is 0. The van der Waals surface area contributed by atoms with E-state index in [2.05, 4.69) is 15.0 Å². The Labute approximate surface area is 148 Å². The minimum Gasteiger partial charge on any atom is -0.507 e. The van der Waals surface area contributed by atoms with Crippen molar-refractivity contribution in [2.75, 3.05) is 5.73 Å². The first-order valence-electron chi connectivity index (χ1n) is 7.60. The molecule has 5 nitrogen and oxygen atoms in total. The van der Waals surface area contributed by atoms with Crippen LogP contribution >= 0.6 is 11.6 Å². The van der Waals surface area contributed by atoms with Crippen molar-refractivity contribution < 1.29 is 5.11 Å². The summed E-state index contributed by atoms with van der Waals surface area (Å²) in [6, 6.07) is 18.3. The number of hydrogen-bond acceptors (Lipinski definition) is 5. The van der Waals surface area contributed by atoms with Gasteiger partial charge in [-0.05, 0) is 30.3 Å². The monoisotopic (exact) mass is 348 g/mol. The average Bonchev–Trinajstić information content (AvgIpc) is 2.61. The van der Waals surface area contributed by atoms with Crippen molar-refractivity contribution in [3.05, 3.63) is 65.8 Å². The van der Waals surface area contributed by atoms with E-state index in [9.17, 15) is 5.11 Å². The molecule has 2 aromatic carbocycles. The number of nitrogens with two attached hydrogens (primary N) is 1. The van der Waals surface area contributed by atoms with Crippen molar-refractivity contribution in [2.45, 2.75) is 0 Å². The van der Waals surface area contributed by atoms with Crippen LogP contribution in [0.15, 0.2) is 60.7 Å².